The highest BCUT2D eigenvalue weighted by molar-refractivity contribution is 14.1. The normalized spacial score (nSPS) is 10.6. The van der Waals surface area contributed by atoms with Gasteiger partial charge in [-0.1, -0.05) is 0 Å². The third-order valence-corrected chi connectivity index (χ3v) is 2.61. The number of nitrogens with two attached hydrogens (primary N) is 1. The molecule has 7 heteroatoms. The van der Waals surface area contributed by atoms with E-state index in [9.17, 15) is 13.6 Å². The van der Waals surface area contributed by atoms with E-state index in [-0.39, 0.29) is 9.26 Å². The summed E-state index contributed by atoms with van der Waals surface area (Å²) in [6, 6.07) is 1.05. The Morgan fingerprint density at radius 3 is 2.64 bits per heavy atom. The van der Waals surface area contributed by atoms with Crippen LogP contribution in [0, 0.1) is 3.57 Å². The summed E-state index contributed by atoms with van der Waals surface area (Å²) in [4.78, 5) is 13.8. The second-order valence-corrected chi connectivity index (χ2v) is 3.48. The van der Waals surface area contributed by atoms with Gasteiger partial charge in [0.05, 0.1) is 3.57 Å². The minimum Gasteiger partial charge on any atom is -0.477 e. The lowest BCUT2D eigenvalue weighted by atomic mass is 10.2. The highest BCUT2D eigenvalue weighted by atomic mass is 127. The molecule has 1 heterocycles. The van der Waals surface area contributed by atoms with Crippen molar-refractivity contribution >= 4 is 34.2 Å². The number of hydrogen-bond donors (Lipinski definition) is 2. The summed E-state index contributed by atoms with van der Waals surface area (Å²) in [6.45, 7) is 0. The summed E-state index contributed by atoms with van der Waals surface area (Å²) in [5.74, 6) is -1.38. The van der Waals surface area contributed by atoms with Crippen molar-refractivity contribution in [2.45, 2.75) is 6.43 Å². The second kappa shape index (κ2) is 4.03. The number of nitrogens with zero attached hydrogens (tertiary/aromatic N) is 1. The van der Waals surface area contributed by atoms with E-state index in [0.29, 0.717) is 0 Å². The Kier molecular flexibility index (Phi) is 3.19. The highest BCUT2D eigenvalue weighted by Crippen LogP contribution is 2.27. The number of carboxylic acid groups (broad SMARTS) is 1. The van der Waals surface area contributed by atoms with Gasteiger partial charge in [0.15, 0.2) is 5.69 Å². The van der Waals surface area contributed by atoms with E-state index in [1.165, 1.54) is 0 Å². The van der Waals surface area contributed by atoms with Gasteiger partial charge < -0.3 is 10.8 Å². The predicted molar refractivity (Wildman–Crippen MR) is 53.3 cm³/mol. The average Bonchev–Trinajstić information content (AvgIpc) is 2.08. The maximum absolute atomic E-state index is 12.3. The molecule has 0 fully saturated rings. The Morgan fingerprint density at radius 2 is 2.21 bits per heavy atom. The van der Waals surface area contributed by atoms with Gasteiger partial charge in [-0.2, -0.15) is 0 Å². The molecule has 0 aliphatic rings. The maximum atomic E-state index is 12.3. The Hall–Kier alpha value is -0.990. The van der Waals surface area contributed by atoms with E-state index in [1.54, 1.807) is 22.6 Å². The molecular formula is C7H5F2IN2O2. The van der Waals surface area contributed by atoms with Gasteiger partial charge in [-0.3, -0.25) is 0 Å². The molecular weight excluding hydrogens is 309 g/mol. The van der Waals surface area contributed by atoms with Gasteiger partial charge in [0.1, 0.15) is 5.69 Å². The van der Waals surface area contributed by atoms with Crippen molar-refractivity contribution in [2.24, 2.45) is 0 Å². The highest BCUT2D eigenvalue weighted by Gasteiger charge is 2.19. The lowest BCUT2D eigenvalue weighted by Gasteiger charge is -2.06. The van der Waals surface area contributed by atoms with Crippen molar-refractivity contribution < 1.29 is 18.7 Å². The molecule has 0 bridgehead atoms. The SMILES string of the molecule is Nc1cc(C(=O)O)nc(C(F)F)c1I. The van der Waals surface area contributed by atoms with E-state index >= 15 is 0 Å². The fourth-order valence-corrected chi connectivity index (χ4v) is 1.34. The summed E-state index contributed by atoms with van der Waals surface area (Å²) in [5, 5.41) is 8.54. The van der Waals surface area contributed by atoms with Gasteiger partial charge in [-0.25, -0.2) is 18.6 Å². The standard InChI is InChI=1S/C7H5F2IN2O2/c8-6(9)5-4(10)2(11)1-3(12-5)7(13)14/h1,6H,(H2,11,12)(H,13,14). The minimum absolute atomic E-state index is 0.00620. The molecule has 1 rings (SSSR count). The first-order chi connectivity index (χ1) is 6.43. The van der Waals surface area contributed by atoms with Crippen molar-refractivity contribution in [3.05, 3.63) is 21.0 Å². The molecule has 0 unspecified atom stereocenters. The summed E-state index contributed by atoms with van der Waals surface area (Å²) in [7, 11) is 0. The van der Waals surface area contributed by atoms with Gasteiger partial charge in [0.2, 0.25) is 0 Å². The first kappa shape index (κ1) is 11.1. The van der Waals surface area contributed by atoms with Crippen molar-refractivity contribution in [3.8, 4) is 0 Å². The van der Waals surface area contributed by atoms with Crippen LogP contribution in [-0.4, -0.2) is 16.1 Å². The van der Waals surface area contributed by atoms with E-state index in [2.05, 4.69) is 4.98 Å². The van der Waals surface area contributed by atoms with Crippen molar-refractivity contribution in [1.82, 2.24) is 4.98 Å². The lowest BCUT2D eigenvalue weighted by Crippen LogP contribution is -2.08. The van der Waals surface area contributed by atoms with Crippen LogP contribution in [0.5, 0.6) is 0 Å². The molecule has 0 radical (unpaired) electrons. The van der Waals surface area contributed by atoms with Crippen LogP contribution in [0.15, 0.2) is 6.07 Å². The number of alkyl halides is 2. The number of rotatable bonds is 2. The Morgan fingerprint density at radius 1 is 1.64 bits per heavy atom. The number of nitrogen functional groups attached to an aromatic ring is 1. The number of halogens is 3. The topological polar surface area (TPSA) is 76.2 Å². The zero-order valence-corrected chi connectivity index (χ0v) is 8.83. The van der Waals surface area contributed by atoms with Gasteiger partial charge in [0, 0.05) is 5.69 Å². The molecule has 1 aromatic heterocycles. The Bertz CT molecular complexity index is 384. The smallest absolute Gasteiger partial charge is 0.354 e. The molecule has 0 atom stereocenters. The monoisotopic (exact) mass is 314 g/mol. The second-order valence-electron chi connectivity index (χ2n) is 2.40. The molecule has 1 aromatic rings. The molecule has 14 heavy (non-hydrogen) atoms. The van der Waals surface area contributed by atoms with Gasteiger partial charge in [-0.15, -0.1) is 0 Å². The molecule has 76 valence electrons. The van der Waals surface area contributed by atoms with Gasteiger partial charge in [-0.05, 0) is 28.7 Å². The lowest BCUT2D eigenvalue weighted by molar-refractivity contribution is 0.0688. The summed E-state index contributed by atoms with van der Waals surface area (Å²) in [5.41, 5.74) is 4.28. The zero-order chi connectivity index (χ0) is 10.9. The molecule has 0 aliphatic heterocycles. The molecule has 3 N–H and O–H groups in total. The van der Waals surface area contributed by atoms with Crippen LogP contribution < -0.4 is 5.73 Å². The van der Waals surface area contributed by atoms with Crippen LogP contribution >= 0.6 is 22.6 Å². The van der Waals surface area contributed by atoms with Crippen molar-refractivity contribution in [3.63, 3.8) is 0 Å². The quantitative estimate of drug-likeness (QED) is 0.818. The summed E-state index contributed by atoms with van der Waals surface area (Å²) in [6.07, 6.45) is -2.83. The van der Waals surface area contributed by atoms with Crippen molar-refractivity contribution in [1.29, 1.82) is 0 Å². The van der Waals surface area contributed by atoms with Crippen LogP contribution in [0.1, 0.15) is 22.6 Å². The van der Waals surface area contributed by atoms with Crippen LogP contribution in [0.2, 0.25) is 0 Å². The first-order valence-corrected chi connectivity index (χ1v) is 4.48. The number of carbonyl (C=O) groups is 1. The fourth-order valence-electron chi connectivity index (χ4n) is 0.824. The predicted octanol–water partition coefficient (Wildman–Crippen LogP) is 1.90. The first-order valence-electron chi connectivity index (χ1n) is 3.41. The van der Waals surface area contributed by atoms with Crippen molar-refractivity contribution in [2.75, 3.05) is 5.73 Å². The number of carboxylic acids is 1. The van der Waals surface area contributed by atoms with E-state index in [0.717, 1.165) is 6.07 Å². The number of aromatic carboxylic acids is 1. The molecule has 0 aliphatic carbocycles. The molecule has 0 spiro atoms. The fraction of sp³-hybridized carbons (Fsp3) is 0.143. The van der Waals surface area contributed by atoms with Crippen LogP contribution in [0.4, 0.5) is 14.5 Å². The van der Waals surface area contributed by atoms with Crippen LogP contribution in [0.25, 0.3) is 0 Å². The van der Waals surface area contributed by atoms with E-state index < -0.39 is 23.8 Å². The number of anilines is 1. The molecule has 0 saturated heterocycles. The number of hydrogen-bond acceptors (Lipinski definition) is 3. The number of aromatic nitrogens is 1. The Labute approximate surface area is 91.3 Å². The minimum atomic E-state index is -2.83. The molecule has 4 nitrogen and oxygen atoms in total. The molecule has 0 aromatic carbocycles. The molecule has 0 amide bonds. The van der Waals surface area contributed by atoms with E-state index in [4.69, 9.17) is 10.8 Å². The van der Waals surface area contributed by atoms with Crippen LogP contribution in [-0.2, 0) is 0 Å². The Balaban J connectivity index is 3.35. The van der Waals surface area contributed by atoms with E-state index in [1.807, 2.05) is 0 Å². The van der Waals surface area contributed by atoms with Crippen LogP contribution in [0.3, 0.4) is 0 Å². The maximum Gasteiger partial charge on any atom is 0.354 e. The number of pyridine rings is 1. The third kappa shape index (κ3) is 2.08. The zero-order valence-electron chi connectivity index (χ0n) is 6.67. The van der Waals surface area contributed by atoms with Gasteiger partial charge >= 0.3 is 5.97 Å². The summed E-state index contributed by atoms with van der Waals surface area (Å²) >= 11 is 1.60. The largest absolute Gasteiger partial charge is 0.477 e. The third-order valence-electron chi connectivity index (χ3n) is 1.44. The average molecular weight is 314 g/mol. The van der Waals surface area contributed by atoms with Gasteiger partial charge in [0.25, 0.3) is 6.43 Å². The molecule has 0 saturated carbocycles. The summed E-state index contributed by atoms with van der Waals surface area (Å²) < 4.78 is 24.8.